The van der Waals surface area contributed by atoms with E-state index in [-0.39, 0.29) is 13.2 Å². The van der Waals surface area contributed by atoms with Gasteiger partial charge < -0.3 is 15.1 Å². The molecular formula is C28H44N2O2. The zero-order valence-electron chi connectivity index (χ0n) is 19.9. The van der Waals surface area contributed by atoms with Crippen LogP contribution in [0.2, 0.25) is 0 Å². The summed E-state index contributed by atoms with van der Waals surface area (Å²) in [5, 5.41) is 18.1. The molecule has 0 aliphatic carbocycles. The van der Waals surface area contributed by atoms with E-state index < -0.39 is 0 Å². The molecule has 0 amide bonds. The van der Waals surface area contributed by atoms with Crippen molar-refractivity contribution in [3.05, 3.63) is 71.8 Å². The summed E-state index contributed by atoms with van der Waals surface area (Å²) in [7, 11) is 0. The molecule has 32 heavy (non-hydrogen) atoms. The zero-order valence-corrected chi connectivity index (χ0v) is 19.9. The molecule has 4 nitrogen and oxygen atoms in total. The van der Waals surface area contributed by atoms with Crippen molar-refractivity contribution in [3.63, 3.8) is 0 Å². The molecule has 2 N–H and O–H groups in total. The molecule has 2 rings (SSSR count). The molecule has 4 heteroatoms. The van der Waals surface area contributed by atoms with Gasteiger partial charge in [-0.15, -0.1) is 0 Å². The van der Waals surface area contributed by atoms with Gasteiger partial charge in [0.05, 0.1) is 0 Å². The number of benzene rings is 2. The molecule has 0 unspecified atom stereocenters. The van der Waals surface area contributed by atoms with Gasteiger partial charge in [-0.3, -0.25) is 4.90 Å². The van der Waals surface area contributed by atoms with Gasteiger partial charge in [0, 0.05) is 39.4 Å². The Bertz CT molecular complexity index is 616. The highest BCUT2D eigenvalue weighted by Gasteiger charge is 2.07. The van der Waals surface area contributed by atoms with E-state index >= 15 is 0 Å². The van der Waals surface area contributed by atoms with E-state index in [1.807, 2.05) is 0 Å². The molecule has 0 aliphatic heterocycles. The van der Waals surface area contributed by atoms with Crippen molar-refractivity contribution >= 4 is 0 Å². The van der Waals surface area contributed by atoms with Crippen molar-refractivity contribution < 1.29 is 10.2 Å². The third kappa shape index (κ3) is 12.4. The van der Waals surface area contributed by atoms with Gasteiger partial charge in [-0.1, -0.05) is 86.3 Å². The maximum atomic E-state index is 9.06. The molecule has 0 spiro atoms. The Morgan fingerprint density at radius 1 is 0.438 bits per heavy atom. The molecule has 0 aliphatic rings. The van der Waals surface area contributed by atoms with Crippen LogP contribution >= 0.6 is 0 Å². The summed E-state index contributed by atoms with van der Waals surface area (Å²) in [5.74, 6) is 0. The topological polar surface area (TPSA) is 46.9 Å². The summed E-state index contributed by atoms with van der Waals surface area (Å²) in [6.07, 6.45) is 9.28. The van der Waals surface area contributed by atoms with Gasteiger partial charge in [-0.05, 0) is 49.9 Å². The number of aliphatic hydroxyl groups excluding tert-OH is 2. The molecule has 0 radical (unpaired) electrons. The maximum absolute atomic E-state index is 9.06. The minimum Gasteiger partial charge on any atom is -0.396 e. The summed E-state index contributed by atoms with van der Waals surface area (Å²) < 4.78 is 0. The van der Waals surface area contributed by atoms with Crippen LogP contribution in [0.4, 0.5) is 0 Å². The zero-order chi connectivity index (χ0) is 22.7. The average Bonchev–Trinajstić information content (AvgIpc) is 2.83. The Morgan fingerprint density at radius 3 is 1.25 bits per heavy atom. The normalized spacial score (nSPS) is 11.5. The van der Waals surface area contributed by atoms with Crippen LogP contribution < -0.4 is 0 Å². The first kappa shape index (κ1) is 26.5. The number of rotatable bonds is 19. The molecule has 0 atom stereocenters. The molecule has 0 bridgehead atoms. The predicted octanol–water partition coefficient (Wildman–Crippen LogP) is 5.10. The van der Waals surface area contributed by atoms with Gasteiger partial charge in [0.15, 0.2) is 0 Å². The third-order valence-corrected chi connectivity index (χ3v) is 5.96. The van der Waals surface area contributed by atoms with Crippen LogP contribution in [0.15, 0.2) is 60.7 Å². The molecule has 0 saturated heterocycles. The first-order valence-corrected chi connectivity index (χ1v) is 12.6. The Morgan fingerprint density at radius 2 is 0.812 bits per heavy atom. The average molecular weight is 441 g/mol. The fourth-order valence-electron chi connectivity index (χ4n) is 4.20. The fourth-order valence-corrected chi connectivity index (χ4v) is 4.20. The minimum absolute atomic E-state index is 0.251. The molecule has 2 aromatic rings. The van der Waals surface area contributed by atoms with Crippen LogP contribution in [0.5, 0.6) is 0 Å². The predicted molar refractivity (Wildman–Crippen MR) is 135 cm³/mol. The van der Waals surface area contributed by atoms with E-state index in [1.54, 1.807) is 0 Å². The van der Waals surface area contributed by atoms with Crippen molar-refractivity contribution in [1.29, 1.82) is 0 Å². The van der Waals surface area contributed by atoms with Crippen molar-refractivity contribution in [1.82, 2.24) is 9.80 Å². The van der Waals surface area contributed by atoms with Crippen LogP contribution in [0.1, 0.15) is 62.5 Å². The largest absolute Gasteiger partial charge is 0.396 e. The van der Waals surface area contributed by atoms with E-state index in [4.69, 9.17) is 10.2 Å². The number of unbranched alkanes of at least 4 members (excludes halogenated alkanes) is 5. The Labute approximate surface area is 195 Å². The summed E-state index contributed by atoms with van der Waals surface area (Å²) in [6, 6.07) is 21.6. The van der Waals surface area contributed by atoms with Gasteiger partial charge in [0.2, 0.25) is 0 Å². The van der Waals surface area contributed by atoms with Gasteiger partial charge in [-0.2, -0.15) is 0 Å². The summed E-state index contributed by atoms with van der Waals surface area (Å²) in [6.45, 7) is 6.62. The standard InChI is InChI=1S/C28H44N2O2/c31-23-13-21-29(22-14-24-32)19-11-3-1-2-4-12-20-30(25-27-15-7-5-8-16-27)26-28-17-9-6-10-18-28/h5-10,15-18,31-32H,1-4,11-14,19-26H2. The SMILES string of the molecule is OCCCN(CCCO)CCCCCCCCN(Cc1ccccc1)Cc1ccccc1. The highest BCUT2D eigenvalue weighted by atomic mass is 16.3. The van der Waals surface area contributed by atoms with E-state index in [0.29, 0.717) is 0 Å². The van der Waals surface area contributed by atoms with Crippen molar-refractivity contribution in [2.24, 2.45) is 0 Å². The second-order valence-corrected chi connectivity index (χ2v) is 8.80. The lowest BCUT2D eigenvalue weighted by molar-refractivity contribution is 0.199. The van der Waals surface area contributed by atoms with Crippen molar-refractivity contribution in [2.75, 3.05) is 39.4 Å². The Hall–Kier alpha value is -1.72. The minimum atomic E-state index is 0.251. The van der Waals surface area contributed by atoms with Crippen LogP contribution in [0.3, 0.4) is 0 Å². The van der Waals surface area contributed by atoms with Crippen molar-refractivity contribution in [3.8, 4) is 0 Å². The summed E-state index contributed by atoms with van der Waals surface area (Å²) in [5.41, 5.74) is 2.77. The number of nitrogens with zero attached hydrogens (tertiary/aromatic N) is 2. The molecule has 0 saturated carbocycles. The summed E-state index contributed by atoms with van der Waals surface area (Å²) in [4.78, 5) is 4.96. The van der Waals surface area contributed by atoms with Crippen LogP contribution in [-0.4, -0.2) is 59.4 Å². The summed E-state index contributed by atoms with van der Waals surface area (Å²) >= 11 is 0. The fraction of sp³-hybridized carbons (Fsp3) is 0.571. The second-order valence-electron chi connectivity index (χ2n) is 8.80. The lowest BCUT2D eigenvalue weighted by Crippen LogP contribution is -2.28. The van der Waals surface area contributed by atoms with Gasteiger partial charge in [0.25, 0.3) is 0 Å². The van der Waals surface area contributed by atoms with Gasteiger partial charge in [-0.25, -0.2) is 0 Å². The second kappa shape index (κ2) is 17.8. The van der Waals surface area contributed by atoms with E-state index in [1.165, 1.54) is 49.7 Å². The first-order valence-electron chi connectivity index (χ1n) is 12.6. The van der Waals surface area contributed by atoms with Gasteiger partial charge >= 0.3 is 0 Å². The van der Waals surface area contributed by atoms with Crippen LogP contribution in [-0.2, 0) is 13.1 Å². The van der Waals surface area contributed by atoms with Crippen molar-refractivity contribution in [2.45, 2.75) is 64.5 Å². The Kier molecular flexibility index (Phi) is 14.8. The quantitative estimate of drug-likeness (QED) is 0.299. The first-order chi connectivity index (χ1) is 15.8. The number of hydrogen-bond acceptors (Lipinski definition) is 4. The molecule has 0 heterocycles. The highest BCUT2D eigenvalue weighted by Crippen LogP contribution is 2.13. The van der Waals surface area contributed by atoms with E-state index in [0.717, 1.165) is 52.1 Å². The Balaban J connectivity index is 1.63. The number of hydrogen-bond donors (Lipinski definition) is 2. The van der Waals surface area contributed by atoms with Gasteiger partial charge in [0.1, 0.15) is 0 Å². The lowest BCUT2D eigenvalue weighted by atomic mass is 10.1. The molecular weight excluding hydrogens is 396 g/mol. The lowest BCUT2D eigenvalue weighted by Gasteiger charge is -2.23. The smallest absolute Gasteiger partial charge is 0.0443 e. The van der Waals surface area contributed by atoms with E-state index in [2.05, 4.69) is 70.5 Å². The van der Waals surface area contributed by atoms with E-state index in [9.17, 15) is 0 Å². The van der Waals surface area contributed by atoms with Crippen LogP contribution in [0.25, 0.3) is 0 Å². The highest BCUT2D eigenvalue weighted by molar-refractivity contribution is 5.17. The molecule has 0 fully saturated rings. The monoisotopic (exact) mass is 440 g/mol. The molecule has 178 valence electrons. The van der Waals surface area contributed by atoms with Crippen LogP contribution in [0, 0.1) is 0 Å². The number of aliphatic hydroxyl groups is 2. The molecule has 2 aromatic carbocycles. The maximum Gasteiger partial charge on any atom is 0.0443 e. The third-order valence-electron chi connectivity index (χ3n) is 5.96. The molecule has 0 aromatic heterocycles.